The molecule has 1 aliphatic rings. The van der Waals surface area contributed by atoms with E-state index in [-0.39, 0.29) is 11.9 Å². The molecule has 0 bridgehead atoms. The second-order valence-corrected chi connectivity index (χ2v) is 6.75. The molecule has 0 aliphatic carbocycles. The Labute approximate surface area is 153 Å². The normalized spacial score (nSPS) is 14.9. The third kappa shape index (κ3) is 4.88. The van der Waals surface area contributed by atoms with Crippen LogP contribution in [-0.4, -0.2) is 36.5 Å². The van der Waals surface area contributed by atoms with Gasteiger partial charge in [0.1, 0.15) is 0 Å². The Morgan fingerprint density at radius 1 is 1.15 bits per heavy atom. The summed E-state index contributed by atoms with van der Waals surface area (Å²) in [5.74, 6) is 0.688. The van der Waals surface area contributed by atoms with Crippen molar-refractivity contribution in [2.24, 2.45) is 5.92 Å². The van der Waals surface area contributed by atoms with Gasteiger partial charge in [0.15, 0.2) is 5.76 Å². The molecule has 6 heteroatoms. The second kappa shape index (κ2) is 8.56. The summed E-state index contributed by atoms with van der Waals surface area (Å²) >= 11 is 0. The first-order valence-corrected chi connectivity index (χ1v) is 9.06. The van der Waals surface area contributed by atoms with E-state index >= 15 is 0 Å². The second-order valence-electron chi connectivity index (χ2n) is 6.75. The Kier molecular flexibility index (Phi) is 5.94. The minimum atomic E-state index is -0.176. The van der Waals surface area contributed by atoms with E-state index in [1.54, 1.807) is 12.1 Å². The van der Waals surface area contributed by atoms with Gasteiger partial charge in [0.25, 0.3) is 5.91 Å². The summed E-state index contributed by atoms with van der Waals surface area (Å²) in [5, 5.41) is 5.82. The molecule has 2 N–H and O–H groups in total. The number of amides is 3. The highest BCUT2D eigenvalue weighted by atomic mass is 16.3. The third-order valence-electron chi connectivity index (χ3n) is 4.79. The summed E-state index contributed by atoms with van der Waals surface area (Å²) in [4.78, 5) is 26.0. The van der Waals surface area contributed by atoms with Crippen LogP contribution >= 0.6 is 0 Å². The molecule has 1 aromatic carbocycles. The molecule has 1 aliphatic heterocycles. The van der Waals surface area contributed by atoms with E-state index in [0.717, 1.165) is 38.0 Å². The van der Waals surface area contributed by atoms with Crippen LogP contribution in [0.3, 0.4) is 0 Å². The van der Waals surface area contributed by atoms with Crippen molar-refractivity contribution in [1.82, 2.24) is 10.2 Å². The maximum Gasteiger partial charge on any atom is 0.321 e. The Morgan fingerprint density at radius 2 is 1.88 bits per heavy atom. The molecule has 0 saturated carbocycles. The summed E-state index contributed by atoms with van der Waals surface area (Å²) in [6, 6.07) is 11.1. The Balaban J connectivity index is 1.36. The maximum absolute atomic E-state index is 12.3. The molecule has 0 unspecified atom stereocenters. The van der Waals surface area contributed by atoms with Crippen molar-refractivity contribution in [2.75, 3.05) is 25.0 Å². The standard InChI is InChI=1S/C20H25N3O3/c1-15-4-6-17(7-5-15)22-20(25)23-12-9-16(10-13-23)8-11-21-19(24)18-3-2-14-26-18/h2-7,14,16H,8-13H2,1H3,(H,21,24)(H,22,25). The number of hydrogen-bond acceptors (Lipinski definition) is 3. The average Bonchev–Trinajstić information content (AvgIpc) is 3.19. The molecule has 2 heterocycles. The van der Waals surface area contributed by atoms with Gasteiger partial charge in [-0.2, -0.15) is 0 Å². The molecule has 0 atom stereocenters. The van der Waals surface area contributed by atoms with Gasteiger partial charge in [-0.15, -0.1) is 0 Å². The number of anilines is 1. The fourth-order valence-electron chi connectivity index (χ4n) is 3.15. The number of nitrogens with one attached hydrogen (secondary N) is 2. The molecule has 138 valence electrons. The van der Waals surface area contributed by atoms with Crippen LogP contribution in [0.15, 0.2) is 47.1 Å². The molecular formula is C20H25N3O3. The predicted octanol–water partition coefficient (Wildman–Crippen LogP) is 3.65. The van der Waals surface area contributed by atoms with Gasteiger partial charge in [0.05, 0.1) is 6.26 Å². The van der Waals surface area contributed by atoms with Crippen LogP contribution in [0.4, 0.5) is 10.5 Å². The lowest BCUT2D eigenvalue weighted by atomic mass is 9.94. The molecular weight excluding hydrogens is 330 g/mol. The van der Waals surface area contributed by atoms with Gasteiger partial charge in [0, 0.05) is 25.3 Å². The van der Waals surface area contributed by atoms with Crippen molar-refractivity contribution in [3.05, 3.63) is 54.0 Å². The summed E-state index contributed by atoms with van der Waals surface area (Å²) in [7, 11) is 0. The lowest BCUT2D eigenvalue weighted by Gasteiger charge is -2.32. The van der Waals surface area contributed by atoms with Gasteiger partial charge in [-0.25, -0.2) is 4.79 Å². The molecule has 0 spiro atoms. The van der Waals surface area contributed by atoms with Gasteiger partial charge in [0.2, 0.25) is 0 Å². The number of carbonyl (C=O) groups is 2. The van der Waals surface area contributed by atoms with E-state index in [0.29, 0.717) is 18.2 Å². The van der Waals surface area contributed by atoms with Crippen LogP contribution in [0, 0.1) is 12.8 Å². The number of likely N-dealkylation sites (tertiary alicyclic amines) is 1. The van der Waals surface area contributed by atoms with Crippen LogP contribution in [-0.2, 0) is 0 Å². The van der Waals surface area contributed by atoms with Crippen LogP contribution in [0.25, 0.3) is 0 Å². The number of furan rings is 1. The Hall–Kier alpha value is -2.76. The number of nitrogens with zero attached hydrogens (tertiary/aromatic N) is 1. The Bertz CT molecular complexity index is 717. The first-order chi connectivity index (χ1) is 12.6. The fourth-order valence-corrected chi connectivity index (χ4v) is 3.15. The minimum Gasteiger partial charge on any atom is -0.459 e. The minimum absolute atomic E-state index is 0.0431. The third-order valence-corrected chi connectivity index (χ3v) is 4.79. The van der Waals surface area contributed by atoms with Gasteiger partial charge < -0.3 is 20.0 Å². The molecule has 3 rings (SSSR count). The highest BCUT2D eigenvalue weighted by Crippen LogP contribution is 2.21. The lowest BCUT2D eigenvalue weighted by molar-refractivity contribution is 0.0922. The predicted molar refractivity (Wildman–Crippen MR) is 100 cm³/mol. The van der Waals surface area contributed by atoms with Crippen molar-refractivity contribution < 1.29 is 14.0 Å². The molecule has 2 aromatic rings. The van der Waals surface area contributed by atoms with E-state index in [1.807, 2.05) is 36.1 Å². The molecule has 26 heavy (non-hydrogen) atoms. The fraction of sp³-hybridized carbons (Fsp3) is 0.400. The van der Waals surface area contributed by atoms with E-state index in [9.17, 15) is 9.59 Å². The van der Waals surface area contributed by atoms with Crippen molar-refractivity contribution in [2.45, 2.75) is 26.2 Å². The van der Waals surface area contributed by atoms with E-state index < -0.39 is 0 Å². The number of aryl methyl sites for hydroxylation is 1. The van der Waals surface area contributed by atoms with Crippen LogP contribution < -0.4 is 10.6 Å². The van der Waals surface area contributed by atoms with Crippen molar-refractivity contribution in [3.63, 3.8) is 0 Å². The highest BCUT2D eigenvalue weighted by molar-refractivity contribution is 5.91. The summed E-state index contributed by atoms with van der Waals surface area (Å²) in [6.07, 6.45) is 4.32. The zero-order valence-corrected chi connectivity index (χ0v) is 15.0. The number of urea groups is 1. The number of carbonyl (C=O) groups excluding carboxylic acids is 2. The van der Waals surface area contributed by atoms with Gasteiger partial charge in [-0.1, -0.05) is 17.7 Å². The zero-order chi connectivity index (χ0) is 18.4. The number of benzene rings is 1. The summed E-state index contributed by atoms with van der Waals surface area (Å²) in [6.45, 7) is 4.14. The van der Waals surface area contributed by atoms with Crippen molar-refractivity contribution >= 4 is 17.6 Å². The monoisotopic (exact) mass is 355 g/mol. The molecule has 1 aromatic heterocycles. The number of piperidine rings is 1. The smallest absolute Gasteiger partial charge is 0.321 e. The molecule has 1 fully saturated rings. The van der Waals surface area contributed by atoms with E-state index in [2.05, 4.69) is 10.6 Å². The summed E-state index contributed by atoms with van der Waals surface area (Å²) in [5.41, 5.74) is 1.99. The topological polar surface area (TPSA) is 74.6 Å². The molecule has 6 nitrogen and oxygen atoms in total. The van der Waals surface area contributed by atoms with Gasteiger partial charge in [-0.3, -0.25) is 4.79 Å². The largest absolute Gasteiger partial charge is 0.459 e. The molecule has 0 radical (unpaired) electrons. The number of rotatable bonds is 5. The van der Waals surface area contributed by atoms with Crippen molar-refractivity contribution in [1.29, 1.82) is 0 Å². The molecule has 1 saturated heterocycles. The van der Waals surface area contributed by atoms with Gasteiger partial charge >= 0.3 is 6.03 Å². The maximum atomic E-state index is 12.3. The molecule has 3 amide bonds. The zero-order valence-electron chi connectivity index (χ0n) is 15.0. The van der Waals surface area contributed by atoms with Gasteiger partial charge in [-0.05, 0) is 56.4 Å². The average molecular weight is 355 g/mol. The first-order valence-electron chi connectivity index (χ1n) is 9.06. The first kappa shape index (κ1) is 18.0. The highest BCUT2D eigenvalue weighted by Gasteiger charge is 2.22. The van der Waals surface area contributed by atoms with Crippen molar-refractivity contribution in [3.8, 4) is 0 Å². The van der Waals surface area contributed by atoms with Crippen LogP contribution in [0.1, 0.15) is 35.4 Å². The quantitative estimate of drug-likeness (QED) is 0.860. The van der Waals surface area contributed by atoms with Crippen LogP contribution in [0.5, 0.6) is 0 Å². The number of hydrogen-bond donors (Lipinski definition) is 2. The van der Waals surface area contributed by atoms with Crippen LogP contribution in [0.2, 0.25) is 0 Å². The lowest BCUT2D eigenvalue weighted by Crippen LogP contribution is -2.41. The summed E-state index contributed by atoms with van der Waals surface area (Å²) < 4.78 is 5.07. The van der Waals surface area contributed by atoms with E-state index in [1.165, 1.54) is 11.8 Å². The van der Waals surface area contributed by atoms with E-state index in [4.69, 9.17) is 4.42 Å². The SMILES string of the molecule is Cc1ccc(NC(=O)N2CCC(CCNC(=O)c3ccco3)CC2)cc1. The Morgan fingerprint density at radius 3 is 2.54 bits per heavy atom.